The minimum atomic E-state index is 0. The van der Waals surface area contributed by atoms with Crippen molar-refractivity contribution in [2.45, 2.75) is 32.8 Å². The lowest BCUT2D eigenvalue weighted by atomic mass is 10.1. The Kier molecular flexibility index (Phi) is 6.38. The van der Waals surface area contributed by atoms with E-state index in [4.69, 9.17) is 15.0 Å². The van der Waals surface area contributed by atoms with Gasteiger partial charge < -0.3 is 9.64 Å². The zero-order chi connectivity index (χ0) is 18.6. The smallest absolute Gasteiger partial charge is 0.122 e. The van der Waals surface area contributed by atoms with Crippen molar-refractivity contribution >= 4 is 29.0 Å². The van der Waals surface area contributed by atoms with E-state index in [1.807, 2.05) is 36.4 Å². The van der Waals surface area contributed by atoms with Crippen LogP contribution in [0.4, 0.5) is 5.69 Å². The molecule has 0 amide bonds. The summed E-state index contributed by atoms with van der Waals surface area (Å²) in [4.78, 5) is 7.21. The summed E-state index contributed by atoms with van der Waals surface area (Å²) in [5, 5.41) is 10.1. The van der Waals surface area contributed by atoms with Crippen molar-refractivity contribution in [2.75, 3.05) is 18.0 Å². The number of fused-ring (bicyclic) bond motifs is 1. The third-order valence-corrected chi connectivity index (χ3v) is 5.07. The highest BCUT2D eigenvalue weighted by atomic mass is 35.5. The summed E-state index contributed by atoms with van der Waals surface area (Å²) in [5.41, 5.74) is 5.01. The van der Waals surface area contributed by atoms with Crippen LogP contribution in [-0.4, -0.2) is 18.1 Å². The zero-order valence-corrected chi connectivity index (χ0v) is 16.8. The topological polar surface area (TPSA) is 49.1 Å². The molecule has 0 N–H and O–H groups in total. The van der Waals surface area contributed by atoms with Gasteiger partial charge in [0.1, 0.15) is 12.4 Å². The van der Waals surface area contributed by atoms with Gasteiger partial charge in [-0.05, 0) is 62.1 Å². The van der Waals surface area contributed by atoms with E-state index in [-0.39, 0.29) is 12.4 Å². The van der Waals surface area contributed by atoms with Crippen molar-refractivity contribution in [1.29, 1.82) is 5.26 Å². The second-order valence-corrected chi connectivity index (χ2v) is 7.11. The average Bonchev–Trinajstić information content (AvgIpc) is 2.72. The van der Waals surface area contributed by atoms with Crippen molar-refractivity contribution < 1.29 is 4.74 Å². The fourth-order valence-electron chi connectivity index (χ4n) is 3.65. The standard InChI is InChI=1S/C23H23N3O.ClH/c1-17-13-23(26-11-3-2-4-12-26)21-10-9-20(14-22(21)25-17)27-16-19-7-5-18(15-24)6-8-19;/h5-10,13-14H,2-4,11-12,16H2,1H3;1H. The van der Waals surface area contributed by atoms with Crippen LogP contribution in [0, 0.1) is 18.3 Å². The molecule has 0 radical (unpaired) electrons. The largest absolute Gasteiger partial charge is 0.489 e. The lowest BCUT2D eigenvalue weighted by Crippen LogP contribution is -2.29. The molecule has 28 heavy (non-hydrogen) atoms. The van der Waals surface area contributed by atoms with Crippen molar-refractivity contribution in [2.24, 2.45) is 0 Å². The number of hydrogen-bond acceptors (Lipinski definition) is 4. The molecule has 1 saturated heterocycles. The molecule has 4 rings (SSSR count). The number of piperidine rings is 1. The van der Waals surface area contributed by atoms with Crippen LogP contribution in [0.3, 0.4) is 0 Å². The minimum absolute atomic E-state index is 0. The first-order valence-corrected chi connectivity index (χ1v) is 9.51. The summed E-state index contributed by atoms with van der Waals surface area (Å²) in [6.45, 7) is 4.77. The highest BCUT2D eigenvalue weighted by Crippen LogP contribution is 2.31. The predicted octanol–water partition coefficient (Wildman–Crippen LogP) is 5.41. The average molecular weight is 394 g/mol. The molecule has 0 aliphatic carbocycles. The molecule has 1 aliphatic rings. The van der Waals surface area contributed by atoms with E-state index in [0.717, 1.165) is 35.6 Å². The number of nitrogens with zero attached hydrogens (tertiary/aromatic N) is 3. The number of ether oxygens (including phenoxy) is 1. The van der Waals surface area contributed by atoms with Crippen molar-refractivity contribution in [3.05, 3.63) is 65.4 Å². The molecule has 1 aromatic heterocycles. The van der Waals surface area contributed by atoms with Gasteiger partial charge in [-0.25, -0.2) is 0 Å². The summed E-state index contributed by atoms with van der Waals surface area (Å²) in [5.74, 6) is 0.814. The SMILES string of the molecule is Cc1cc(N2CCCCC2)c2ccc(OCc3ccc(C#N)cc3)cc2n1.Cl. The number of aryl methyl sites for hydroxylation is 1. The monoisotopic (exact) mass is 393 g/mol. The number of hydrogen-bond donors (Lipinski definition) is 0. The van der Waals surface area contributed by atoms with E-state index in [9.17, 15) is 0 Å². The van der Waals surface area contributed by atoms with E-state index in [2.05, 4.69) is 30.0 Å². The van der Waals surface area contributed by atoms with Crippen LogP contribution in [0.5, 0.6) is 5.75 Å². The third-order valence-electron chi connectivity index (χ3n) is 5.07. The Hall–Kier alpha value is -2.77. The fraction of sp³-hybridized carbons (Fsp3) is 0.304. The molecule has 144 valence electrons. The first kappa shape index (κ1) is 20.0. The Morgan fingerprint density at radius 1 is 1.04 bits per heavy atom. The number of aromatic nitrogens is 1. The summed E-state index contributed by atoms with van der Waals surface area (Å²) < 4.78 is 5.96. The maximum atomic E-state index is 8.88. The van der Waals surface area contributed by atoms with Gasteiger partial charge in [-0.3, -0.25) is 4.98 Å². The zero-order valence-electron chi connectivity index (χ0n) is 16.0. The Bertz CT molecular complexity index is 989. The molecule has 2 aromatic carbocycles. The molecule has 2 heterocycles. The summed E-state index contributed by atoms with van der Waals surface area (Å²) in [7, 11) is 0. The van der Waals surface area contributed by atoms with Crippen molar-refractivity contribution in [1.82, 2.24) is 4.98 Å². The van der Waals surface area contributed by atoms with Gasteiger partial charge in [-0.2, -0.15) is 5.26 Å². The Labute approximate surface area is 172 Å². The number of pyridine rings is 1. The third kappa shape index (κ3) is 4.37. The normalized spacial score (nSPS) is 13.6. The highest BCUT2D eigenvalue weighted by Gasteiger charge is 2.15. The maximum Gasteiger partial charge on any atom is 0.122 e. The van der Waals surface area contributed by atoms with Gasteiger partial charge >= 0.3 is 0 Å². The molecule has 5 heteroatoms. The number of anilines is 1. The van der Waals surface area contributed by atoms with E-state index in [1.54, 1.807) is 0 Å². The van der Waals surface area contributed by atoms with Gasteiger partial charge in [0.2, 0.25) is 0 Å². The number of halogens is 1. The first-order chi connectivity index (χ1) is 13.2. The summed E-state index contributed by atoms with van der Waals surface area (Å²) in [6, 6.07) is 18.0. The predicted molar refractivity (Wildman–Crippen MR) is 115 cm³/mol. The first-order valence-electron chi connectivity index (χ1n) is 9.51. The van der Waals surface area contributed by atoms with E-state index < -0.39 is 0 Å². The fourth-order valence-corrected chi connectivity index (χ4v) is 3.65. The van der Waals surface area contributed by atoms with Crippen LogP contribution in [0.25, 0.3) is 10.9 Å². The maximum absolute atomic E-state index is 8.88. The summed E-state index contributed by atoms with van der Waals surface area (Å²) in [6.07, 6.45) is 3.84. The van der Waals surface area contributed by atoms with Gasteiger partial charge in [0.05, 0.1) is 17.1 Å². The lowest BCUT2D eigenvalue weighted by molar-refractivity contribution is 0.306. The van der Waals surface area contributed by atoms with Crippen LogP contribution in [0.2, 0.25) is 0 Å². The van der Waals surface area contributed by atoms with Crippen LogP contribution in [-0.2, 0) is 6.61 Å². The quantitative estimate of drug-likeness (QED) is 0.595. The molecule has 0 saturated carbocycles. The van der Waals surface area contributed by atoms with Crippen LogP contribution in [0.1, 0.15) is 36.1 Å². The Balaban J connectivity index is 0.00000225. The number of nitriles is 1. The van der Waals surface area contributed by atoms with Crippen molar-refractivity contribution in [3.63, 3.8) is 0 Å². The highest BCUT2D eigenvalue weighted by molar-refractivity contribution is 5.92. The molecule has 0 unspecified atom stereocenters. The van der Waals surface area contributed by atoms with Gasteiger partial charge in [-0.1, -0.05) is 12.1 Å². The van der Waals surface area contributed by atoms with E-state index >= 15 is 0 Å². The summed E-state index contributed by atoms with van der Waals surface area (Å²) >= 11 is 0. The van der Waals surface area contributed by atoms with Crippen LogP contribution in [0.15, 0.2) is 48.5 Å². The molecule has 4 nitrogen and oxygen atoms in total. The Morgan fingerprint density at radius 3 is 2.50 bits per heavy atom. The van der Waals surface area contributed by atoms with Gasteiger partial charge in [0.15, 0.2) is 0 Å². The Morgan fingerprint density at radius 2 is 1.79 bits per heavy atom. The van der Waals surface area contributed by atoms with Crippen LogP contribution >= 0.6 is 12.4 Å². The molecule has 1 aliphatic heterocycles. The van der Waals surface area contributed by atoms with E-state index in [0.29, 0.717) is 12.2 Å². The molecular formula is C23H24ClN3O. The number of rotatable bonds is 4. The van der Waals surface area contributed by atoms with Gasteiger partial charge in [-0.15, -0.1) is 12.4 Å². The lowest BCUT2D eigenvalue weighted by Gasteiger charge is -2.30. The molecule has 1 fully saturated rings. The molecular weight excluding hydrogens is 370 g/mol. The second kappa shape index (κ2) is 8.95. The second-order valence-electron chi connectivity index (χ2n) is 7.11. The molecule has 0 bridgehead atoms. The molecule has 3 aromatic rings. The minimum Gasteiger partial charge on any atom is -0.489 e. The van der Waals surface area contributed by atoms with Gasteiger partial charge in [0.25, 0.3) is 0 Å². The van der Waals surface area contributed by atoms with Crippen LogP contribution < -0.4 is 9.64 Å². The number of benzene rings is 2. The van der Waals surface area contributed by atoms with Crippen molar-refractivity contribution in [3.8, 4) is 11.8 Å². The van der Waals surface area contributed by atoms with Gasteiger partial charge in [0, 0.05) is 35.9 Å². The molecule has 0 spiro atoms. The van der Waals surface area contributed by atoms with E-state index in [1.165, 1.54) is 30.3 Å². The molecule has 0 atom stereocenters.